The van der Waals surface area contributed by atoms with Crippen LogP contribution in [0, 0.1) is 5.41 Å². The second-order valence-electron chi connectivity index (χ2n) is 3.74. The molecule has 0 unspecified atom stereocenters. The van der Waals surface area contributed by atoms with Gasteiger partial charge in [0.25, 0.3) is 0 Å². The van der Waals surface area contributed by atoms with Gasteiger partial charge < -0.3 is 10.1 Å². The van der Waals surface area contributed by atoms with Crippen molar-refractivity contribution in [3.8, 4) is 0 Å². The van der Waals surface area contributed by atoms with Crippen LogP contribution in [-0.4, -0.2) is 30.9 Å². The van der Waals surface area contributed by atoms with E-state index in [9.17, 15) is 9.59 Å². The summed E-state index contributed by atoms with van der Waals surface area (Å²) in [4.78, 5) is 22.5. The molecule has 1 amide bonds. The lowest BCUT2D eigenvalue weighted by atomic mass is 9.95. The average Bonchev–Trinajstić information content (AvgIpc) is 2.16. The van der Waals surface area contributed by atoms with Gasteiger partial charge in [0, 0.05) is 5.88 Å². The van der Waals surface area contributed by atoms with Crippen LogP contribution < -0.4 is 5.32 Å². The van der Waals surface area contributed by atoms with Crippen molar-refractivity contribution in [2.24, 2.45) is 5.41 Å². The highest BCUT2D eigenvalue weighted by molar-refractivity contribution is 6.19. The second kappa shape index (κ2) is 5.20. The maximum absolute atomic E-state index is 11.5. The van der Waals surface area contributed by atoms with E-state index >= 15 is 0 Å². The Kier molecular flexibility index (Phi) is 4.91. The summed E-state index contributed by atoms with van der Waals surface area (Å²) in [6, 6.07) is -0.644. The smallest absolute Gasteiger partial charge is 0.328 e. The Bertz CT molecular complexity index is 228. The molecule has 0 heterocycles. The second-order valence-corrected chi connectivity index (χ2v) is 4.00. The summed E-state index contributed by atoms with van der Waals surface area (Å²) < 4.78 is 4.47. The van der Waals surface area contributed by atoms with Gasteiger partial charge in [-0.25, -0.2) is 4.79 Å². The molecule has 0 fully saturated rings. The number of amides is 1. The molecule has 0 aliphatic heterocycles. The Balaban J connectivity index is 4.26. The average molecular weight is 222 g/mol. The van der Waals surface area contributed by atoms with Crippen LogP contribution in [0.2, 0.25) is 0 Å². The van der Waals surface area contributed by atoms with E-state index in [-0.39, 0.29) is 11.8 Å². The van der Waals surface area contributed by atoms with Gasteiger partial charge in [-0.05, 0) is 20.8 Å². The highest BCUT2D eigenvalue weighted by Crippen LogP contribution is 2.17. The number of carbonyl (C=O) groups excluding carboxylic acids is 2. The first-order valence-electron chi connectivity index (χ1n) is 4.30. The molecule has 0 radical (unpaired) electrons. The molecule has 1 atom stereocenters. The van der Waals surface area contributed by atoms with Crippen LogP contribution in [0.4, 0.5) is 0 Å². The number of alkyl halides is 1. The third-order valence-electron chi connectivity index (χ3n) is 1.85. The lowest BCUT2D eigenvalue weighted by Gasteiger charge is -2.22. The Labute approximate surface area is 88.9 Å². The van der Waals surface area contributed by atoms with Gasteiger partial charge in [0.2, 0.25) is 5.91 Å². The number of rotatable bonds is 4. The minimum Gasteiger partial charge on any atom is -0.467 e. The third-order valence-corrected chi connectivity index (χ3v) is 2.52. The molecule has 0 rings (SSSR count). The fourth-order valence-electron chi connectivity index (χ4n) is 0.688. The topological polar surface area (TPSA) is 55.4 Å². The summed E-state index contributed by atoms with van der Waals surface area (Å²) in [5, 5.41) is 2.52. The number of methoxy groups -OCH3 is 1. The monoisotopic (exact) mass is 221 g/mol. The van der Waals surface area contributed by atoms with Crippen LogP contribution in [0.5, 0.6) is 0 Å². The summed E-state index contributed by atoms with van der Waals surface area (Å²) in [7, 11) is 1.28. The summed E-state index contributed by atoms with van der Waals surface area (Å²) in [6.45, 7) is 4.98. The molecule has 5 heteroatoms. The van der Waals surface area contributed by atoms with Gasteiger partial charge in [-0.15, -0.1) is 11.6 Å². The molecule has 0 aromatic carbocycles. The summed E-state index contributed by atoms with van der Waals surface area (Å²) in [5.41, 5.74) is -0.677. The predicted molar refractivity (Wildman–Crippen MR) is 54.1 cm³/mol. The van der Waals surface area contributed by atoms with Crippen molar-refractivity contribution in [3.05, 3.63) is 0 Å². The molecule has 0 saturated carbocycles. The maximum atomic E-state index is 11.5. The van der Waals surface area contributed by atoms with E-state index in [4.69, 9.17) is 11.6 Å². The van der Waals surface area contributed by atoms with Gasteiger partial charge in [0.05, 0.1) is 12.5 Å². The molecule has 0 aliphatic carbocycles. The van der Waals surface area contributed by atoms with E-state index in [0.29, 0.717) is 0 Å². The van der Waals surface area contributed by atoms with Crippen LogP contribution in [0.1, 0.15) is 20.8 Å². The molecule has 0 saturated heterocycles. The molecule has 14 heavy (non-hydrogen) atoms. The van der Waals surface area contributed by atoms with Gasteiger partial charge in [0.1, 0.15) is 6.04 Å². The molecule has 0 aliphatic rings. The minimum atomic E-state index is -0.677. The van der Waals surface area contributed by atoms with Gasteiger partial charge in [-0.3, -0.25) is 4.79 Å². The fraction of sp³-hybridized carbons (Fsp3) is 0.778. The standard InChI is InChI=1S/C9H16ClNO3/c1-6(7(12)14-4)11-8(13)9(2,3)5-10/h6H,5H2,1-4H3,(H,11,13)/t6-/m0/s1. The third kappa shape index (κ3) is 3.54. The molecule has 4 nitrogen and oxygen atoms in total. The number of esters is 1. The van der Waals surface area contributed by atoms with Crippen molar-refractivity contribution in [2.45, 2.75) is 26.8 Å². The van der Waals surface area contributed by atoms with Crippen molar-refractivity contribution in [1.29, 1.82) is 0 Å². The zero-order chi connectivity index (χ0) is 11.4. The van der Waals surface area contributed by atoms with E-state index in [1.165, 1.54) is 7.11 Å². The first-order valence-corrected chi connectivity index (χ1v) is 4.83. The predicted octanol–water partition coefficient (Wildman–Crippen LogP) is 0.929. The normalized spacial score (nSPS) is 13.2. The SMILES string of the molecule is COC(=O)[C@H](C)NC(=O)C(C)(C)CCl. The summed E-state index contributed by atoms with van der Waals surface area (Å²) in [5.74, 6) is -0.527. The minimum absolute atomic E-state index is 0.201. The highest BCUT2D eigenvalue weighted by atomic mass is 35.5. The number of carbonyl (C=O) groups is 2. The van der Waals surface area contributed by atoms with Gasteiger partial charge in [-0.2, -0.15) is 0 Å². The van der Waals surface area contributed by atoms with Crippen LogP contribution >= 0.6 is 11.6 Å². The van der Waals surface area contributed by atoms with E-state index in [1.54, 1.807) is 20.8 Å². The molecule has 1 N–H and O–H groups in total. The van der Waals surface area contributed by atoms with Crippen LogP contribution in [-0.2, 0) is 14.3 Å². The number of nitrogens with one attached hydrogen (secondary N) is 1. The van der Waals surface area contributed by atoms with Crippen molar-refractivity contribution < 1.29 is 14.3 Å². The number of hydrogen-bond donors (Lipinski definition) is 1. The number of ether oxygens (including phenoxy) is 1. The molecular weight excluding hydrogens is 206 g/mol. The van der Waals surface area contributed by atoms with Crippen LogP contribution in [0.3, 0.4) is 0 Å². The van der Waals surface area contributed by atoms with Crippen LogP contribution in [0.25, 0.3) is 0 Å². The quantitative estimate of drug-likeness (QED) is 0.568. The largest absolute Gasteiger partial charge is 0.467 e. The molecule has 0 aromatic heterocycles. The fourth-order valence-corrected chi connectivity index (χ4v) is 0.810. The van der Waals surface area contributed by atoms with E-state index < -0.39 is 17.4 Å². The van der Waals surface area contributed by atoms with Crippen molar-refractivity contribution in [1.82, 2.24) is 5.32 Å². The zero-order valence-corrected chi connectivity index (χ0v) is 9.64. The lowest BCUT2D eigenvalue weighted by molar-refractivity contribution is -0.145. The van der Waals surface area contributed by atoms with Gasteiger partial charge in [0.15, 0.2) is 0 Å². The molecule has 82 valence electrons. The van der Waals surface area contributed by atoms with Crippen molar-refractivity contribution >= 4 is 23.5 Å². The van der Waals surface area contributed by atoms with Crippen molar-refractivity contribution in [2.75, 3.05) is 13.0 Å². The highest BCUT2D eigenvalue weighted by Gasteiger charge is 2.29. The molecule has 0 aromatic rings. The van der Waals surface area contributed by atoms with Crippen LogP contribution in [0.15, 0.2) is 0 Å². The van der Waals surface area contributed by atoms with Gasteiger partial charge in [-0.1, -0.05) is 0 Å². The Morgan fingerprint density at radius 1 is 1.50 bits per heavy atom. The van der Waals surface area contributed by atoms with Gasteiger partial charge >= 0.3 is 5.97 Å². The lowest BCUT2D eigenvalue weighted by Crippen LogP contribution is -2.46. The van der Waals surface area contributed by atoms with Crippen molar-refractivity contribution in [3.63, 3.8) is 0 Å². The Hall–Kier alpha value is -0.770. The number of hydrogen-bond acceptors (Lipinski definition) is 3. The van der Waals surface area contributed by atoms with E-state index in [1.807, 2.05) is 0 Å². The Morgan fingerprint density at radius 3 is 2.36 bits per heavy atom. The number of halogens is 1. The first kappa shape index (κ1) is 13.2. The zero-order valence-electron chi connectivity index (χ0n) is 8.89. The molecule has 0 spiro atoms. The summed E-state index contributed by atoms with van der Waals surface area (Å²) >= 11 is 5.61. The van der Waals surface area contributed by atoms with E-state index in [0.717, 1.165) is 0 Å². The Morgan fingerprint density at radius 2 is 2.00 bits per heavy atom. The van der Waals surface area contributed by atoms with E-state index in [2.05, 4.69) is 10.1 Å². The maximum Gasteiger partial charge on any atom is 0.328 e. The molecule has 0 bridgehead atoms. The first-order chi connectivity index (χ1) is 6.35. The molecular formula is C9H16ClNO3. The summed E-state index contributed by atoms with van der Waals surface area (Å²) in [6.07, 6.45) is 0.